The Kier molecular flexibility index (Phi) is 7.33. The van der Waals surface area contributed by atoms with E-state index in [1.54, 1.807) is 0 Å². The van der Waals surface area contributed by atoms with Gasteiger partial charge in [-0.15, -0.1) is 0 Å². The van der Waals surface area contributed by atoms with Crippen LogP contribution in [-0.2, 0) is 16.1 Å². The summed E-state index contributed by atoms with van der Waals surface area (Å²) in [5.74, 6) is -2.39. The first-order valence-electron chi connectivity index (χ1n) is 9.07. The molecule has 1 amide bonds. The van der Waals surface area contributed by atoms with Crippen molar-refractivity contribution in [2.75, 3.05) is 26.7 Å². The van der Waals surface area contributed by atoms with Crippen molar-refractivity contribution in [3.05, 3.63) is 34.9 Å². The van der Waals surface area contributed by atoms with Gasteiger partial charge in [-0.1, -0.05) is 29.8 Å². The number of carboxylic acid groups (broad SMARTS) is 1. The number of nitrogens with zero attached hydrogens (tertiary/aromatic N) is 2. The molecule has 0 saturated carbocycles. The van der Waals surface area contributed by atoms with Gasteiger partial charge in [-0.2, -0.15) is 13.2 Å². The summed E-state index contributed by atoms with van der Waals surface area (Å²) in [6.07, 6.45) is -0.928. The zero-order valence-corrected chi connectivity index (χ0v) is 16.4. The Morgan fingerprint density at radius 1 is 1.18 bits per heavy atom. The Hall–Kier alpha value is -1.80. The topological polar surface area (TPSA) is 60.9 Å². The molecule has 1 atom stereocenters. The molecule has 2 saturated heterocycles. The maximum Gasteiger partial charge on any atom is 0.490 e. The van der Waals surface area contributed by atoms with Crippen LogP contribution in [0.5, 0.6) is 0 Å². The van der Waals surface area contributed by atoms with E-state index in [1.807, 2.05) is 30.1 Å². The Balaban J connectivity index is 0.000000345. The molecule has 1 aromatic carbocycles. The van der Waals surface area contributed by atoms with E-state index in [4.69, 9.17) is 21.5 Å². The van der Waals surface area contributed by atoms with Crippen LogP contribution in [0.1, 0.15) is 31.2 Å². The van der Waals surface area contributed by atoms with Crippen molar-refractivity contribution in [3.8, 4) is 0 Å². The van der Waals surface area contributed by atoms with Gasteiger partial charge in [-0.3, -0.25) is 9.69 Å². The predicted molar refractivity (Wildman–Crippen MR) is 99.0 cm³/mol. The second-order valence-corrected chi connectivity index (χ2v) is 7.69. The van der Waals surface area contributed by atoms with Gasteiger partial charge in [0.15, 0.2) is 0 Å². The van der Waals surface area contributed by atoms with E-state index in [2.05, 4.69) is 11.0 Å². The maximum absolute atomic E-state index is 12.4. The normalized spacial score (nSPS) is 23.3. The average molecular weight is 421 g/mol. The number of carbonyl (C=O) groups excluding carboxylic acids is 1. The van der Waals surface area contributed by atoms with Crippen molar-refractivity contribution in [1.82, 2.24) is 9.80 Å². The number of hydrogen-bond acceptors (Lipinski definition) is 3. The molecule has 28 heavy (non-hydrogen) atoms. The van der Waals surface area contributed by atoms with E-state index >= 15 is 0 Å². The Bertz CT molecular complexity index is 714. The maximum atomic E-state index is 12.4. The van der Waals surface area contributed by atoms with Crippen molar-refractivity contribution in [2.24, 2.45) is 5.41 Å². The molecule has 2 aliphatic rings. The molecule has 0 radical (unpaired) electrons. The molecule has 2 aliphatic heterocycles. The van der Waals surface area contributed by atoms with Gasteiger partial charge in [-0.05, 0) is 50.4 Å². The van der Waals surface area contributed by atoms with E-state index < -0.39 is 12.1 Å². The summed E-state index contributed by atoms with van der Waals surface area (Å²) < 4.78 is 31.7. The number of benzene rings is 1. The monoisotopic (exact) mass is 420 g/mol. The number of hydrogen-bond donors (Lipinski definition) is 1. The molecule has 2 heterocycles. The van der Waals surface area contributed by atoms with Gasteiger partial charge in [-0.25, -0.2) is 4.79 Å². The van der Waals surface area contributed by atoms with Gasteiger partial charge >= 0.3 is 12.1 Å². The number of alkyl halides is 3. The van der Waals surface area contributed by atoms with Crippen LogP contribution in [0.3, 0.4) is 0 Å². The Labute approximate surface area is 167 Å². The first-order valence-corrected chi connectivity index (χ1v) is 9.44. The molecule has 1 unspecified atom stereocenters. The predicted octanol–water partition coefficient (Wildman–Crippen LogP) is 3.81. The van der Waals surface area contributed by atoms with Crippen molar-refractivity contribution in [2.45, 2.75) is 38.4 Å². The van der Waals surface area contributed by atoms with Gasteiger partial charge in [0.05, 0.1) is 5.41 Å². The minimum Gasteiger partial charge on any atom is -0.475 e. The number of carbonyl (C=O) groups is 2. The molecule has 5 nitrogen and oxygen atoms in total. The zero-order chi connectivity index (χ0) is 20.9. The summed E-state index contributed by atoms with van der Waals surface area (Å²) in [7, 11) is 1.93. The molecule has 1 N–H and O–H groups in total. The number of carboxylic acids is 1. The van der Waals surface area contributed by atoms with E-state index in [0.29, 0.717) is 5.91 Å². The molecule has 156 valence electrons. The number of likely N-dealkylation sites (tertiary alicyclic amines) is 2. The van der Waals surface area contributed by atoms with Crippen molar-refractivity contribution < 1.29 is 27.9 Å². The minimum atomic E-state index is -5.08. The fraction of sp³-hybridized carbons (Fsp3) is 0.579. The highest BCUT2D eigenvalue weighted by molar-refractivity contribution is 6.31. The van der Waals surface area contributed by atoms with Crippen LogP contribution in [-0.4, -0.2) is 59.6 Å². The third kappa shape index (κ3) is 5.61. The molecule has 1 aromatic rings. The third-order valence-corrected chi connectivity index (χ3v) is 5.73. The highest BCUT2D eigenvalue weighted by Crippen LogP contribution is 2.41. The summed E-state index contributed by atoms with van der Waals surface area (Å²) in [4.78, 5) is 25.7. The van der Waals surface area contributed by atoms with Crippen molar-refractivity contribution in [1.29, 1.82) is 0 Å². The van der Waals surface area contributed by atoms with Crippen molar-refractivity contribution in [3.63, 3.8) is 0 Å². The summed E-state index contributed by atoms with van der Waals surface area (Å²) in [5.41, 5.74) is 1.11. The lowest BCUT2D eigenvalue weighted by molar-refractivity contribution is -0.192. The second-order valence-electron chi connectivity index (χ2n) is 7.28. The summed E-state index contributed by atoms with van der Waals surface area (Å²) in [5, 5.41) is 7.97. The standard InChI is InChI=1S/C17H23ClN2O.C2HF3O2/c1-19-11-8-17(16(19)21)7-4-10-20(12-9-17)13-14-5-2-3-6-15(14)18;3-2(4,5)1(6)7/h2-3,5-6H,4,7-13H2,1H3;(H,6,7). The number of amides is 1. The van der Waals surface area contributed by atoms with Gasteiger partial charge in [0.1, 0.15) is 0 Å². The molecule has 1 spiro atoms. The minimum absolute atomic E-state index is 0.0794. The lowest BCUT2D eigenvalue weighted by Crippen LogP contribution is -2.33. The van der Waals surface area contributed by atoms with E-state index in [-0.39, 0.29) is 5.41 Å². The molecule has 3 rings (SSSR count). The average Bonchev–Trinajstić information content (AvgIpc) is 2.80. The Morgan fingerprint density at radius 2 is 1.79 bits per heavy atom. The van der Waals surface area contributed by atoms with Crippen LogP contribution in [0.25, 0.3) is 0 Å². The van der Waals surface area contributed by atoms with Crippen LogP contribution in [0, 0.1) is 5.41 Å². The molecule has 0 bridgehead atoms. The van der Waals surface area contributed by atoms with E-state index in [1.165, 1.54) is 5.56 Å². The smallest absolute Gasteiger partial charge is 0.475 e. The van der Waals surface area contributed by atoms with Gasteiger partial charge < -0.3 is 10.0 Å². The van der Waals surface area contributed by atoms with Crippen LogP contribution in [0.2, 0.25) is 5.02 Å². The van der Waals surface area contributed by atoms with Gasteiger partial charge in [0.25, 0.3) is 0 Å². The third-order valence-electron chi connectivity index (χ3n) is 5.36. The SMILES string of the molecule is CN1CCC2(CCCN(Cc3ccccc3Cl)CC2)C1=O.O=C(O)C(F)(F)F. The second kappa shape index (κ2) is 9.13. The van der Waals surface area contributed by atoms with E-state index in [9.17, 15) is 18.0 Å². The fourth-order valence-electron chi connectivity index (χ4n) is 3.73. The van der Waals surface area contributed by atoms with Crippen LogP contribution >= 0.6 is 11.6 Å². The first-order chi connectivity index (χ1) is 13.0. The quantitative estimate of drug-likeness (QED) is 0.790. The summed E-state index contributed by atoms with van der Waals surface area (Å²) in [6.45, 7) is 3.86. The van der Waals surface area contributed by atoms with E-state index in [0.717, 1.165) is 56.9 Å². The molecule has 0 aliphatic carbocycles. The zero-order valence-electron chi connectivity index (χ0n) is 15.6. The van der Waals surface area contributed by atoms with Gasteiger partial charge in [0.2, 0.25) is 5.91 Å². The van der Waals surface area contributed by atoms with Crippen molar-refractivity contribution >= 4 is 23.5 Å². The molecule has 2 fully saturated rings. The molecular weight excluding hydrogens is 397 g/mol. The van der Waals surface area contributed by atoms with Crippen LogP contribution in [0.15, 0.2) is 24.3 Å². The van der Waals surface area contributed by atoms with Crippen LogP contribution < -0.4 is 0 Å². The molecule has 0 aromatic heterocycles. The highest BCUT2D eigenvalue weighted by Gasteiger charge is 2.45. The van der Waals surface area contributed by atoms with Crippen LogP contribution in [0.4, 0.5) is 13.2 Å². The lowest BCUT2D eigenvalue weighted by Gasteiger charge is -2.26. The van der Waals surface area contributed by atoms with Gasteiger partial charge in [0, 0.05) is 25.2 Å². The highest BCUT2D eigenvalue weighted by atomic mass is 35.5. The molecule has 9 heteroatoms. The first kappa shape index (κ1) is 22.5. The largest absolute Gasteiger partial charge is 0.490 e. The number of aliphatic carboxylic acids is 1. The fourth-order valence-corrected chi connectivity index (χ4v) is 3.93. The summed E-state index contributed by atoms with van der Waals surface area (Å²) >= 11 is 6.26. The lowest BCUT2D eigenvalue weighted by atomic mass is 9.79. The summed E-state index contributed by atoms with van der Waals surface area (Å²) in [6, 6.07) is 8.05. The molecular formula is C19H24ClF3N2O3. The number of halogens is 4. The number of rotatable bonds is 2. The Morgan fingerprint density at radius 3 is 2.32 bits per heavy atom.